The van der Waals surface area contributed by atoms with E-state index in [4.69, 9.17) is 39.8 Å². The largest absolute Gasteiger partial charge is 0.349 e. The van der Waals surface area contributed by atoms with E-state index >= 15 is 0 Å². The molecule has 35 heavy (non-hydrogen) atoms. The molecule has 6 nitrogen and oxygen atoms in total. The summed E-state index contributed by atoms with van der Waals surface area (Å²) in [5, 5.41) is 7.98. The highest BCUT2D eigenvalue weighted by Gasteiger charge is 2.26. The van der Waals surface area contributed by atoms with E-state index in [0.29, 0.717) is 26.3 Å². The number of hydrogen-bond donors (Lipinski definition) is 1. The smallest absolute Gasteiger partial charge is 0.271 e. The highest BCUT2D eigenvalue weighted by atomic mass is 35.5. The summed E-state index contributed by atoms with van der Waals surface area (Å²) in [6.07, 6.45) is 1.01. The molecule has 5 aromatic rings. The van der Waals surface area contributed by atoms with Crippen LogP contribution in [0.4, 0.5) is 0 Å². The van der Waals surface area contributed by atoms with Gasteiger partial charge in [0.1, 0.15) is 11.2 Å². The van der Waals surface area contributed by atoms with Gasteiger partial charge in [-0.15, -0.1) is 11.3 Å². The highest BCUT2D eigenvalue weighted by Crippen LogP contribution is 2.42. The van der Waals surface area contributed by atoms with Crippen molar-refractivity contribution in [2.24, 2.45) is 0 Å². The van der Waals surface area contributed by atoms with Crippen molar-refractivity contribution in [2.45, 2.75) is 5.92 Å². The minimum atomic E-state index is -0.696. The number of rotatable bonds is 5. The monoisotopic (exact) mass is 540 g/mol. The lowest BCUT2D eigenvalue weighted by Crippen LogP contribution is -2.30. The van der Waals surface area contributed by atoms with E-state index in [2.05, 4.69) is 10.1 Å². The third-order valence-corrected chi connectivity index (χ3v) is 7.14. The maximum Gasteiger partial charge on any atom is 0.349 e. The van der Waals surface area contributed by atoms with Crippen LogP contribution in [0.2, 0.25) is 15.1 Å². The van der Waals surface area contributed by atoms with Crippen molar-refractivity contribution in [3.8, 4) is 16.3 Å². The Morgan fingerprint density at radius 3 is 2.26 bits per heavy atom. The number of thiazole rings is 1. The van der Waals surface area contributed by atoms with Crippen LogP contribution in [0.3, 0.4) is 0 Å². The molecule has 0 amide bonds. The first-order chi connectivity index (χ1) is 16.9. The van der Waals surface area contributed by atoms with Gasteiger partial charge in [0.25, 0.3) is 5.56 Å². The van der Waals surface area contributed by atoms with Crippen LogP contribution in [0.25, 0.3) is 16.3 Å². The van der Waals surface area contributed by atoms with Gasteiger partial charge >= 0.3 is 5.69 Å². The third kappa shape index (κ3) is 4.81. The molecular weight excluding hydrogens is 527 g/mol. The molecule has 5 rings (SSSR count). The Kier molecular flexibility index (Phi) is 6.58. The number of nitrogens with one attached hydrogen (secondary N) is 1. The zero-order valence-electron chi connectivity index (χ0n) is 17.8. The SMILES string of the molecule is O=c1cnn(-c2cc(Cl)c(C(c3ccc(Cl)cc3)c3csc(-c4ccccc4)n3)c(Cl)c2)c(=O)[nH]1. The molecule has 3 aromatic carbocycles. The molecule has 0 aliphatic carbocycles. The molecule has 174 valence electrons. The van der Waals surface area contributed by atoms with Crippen molar-refractivity contribution in [1.82, 2.24) is 19.7 Å². The molecule has 0 aliphatic rings. The van der Waals surface area contributed by atoms with Crippen LogP contribution < -0.4 is 11.2 Å². The summed E-state index contributed by atoms with van der Waals surface area (Å²) < 4.78 is 1.02. The van der Waals surface area contributed by atoms with Crippen molar-refractivity contribution >= 4 is 46.1 Å². The van der Waals surface area contributed by atoms with Crippen LogP contribution in [0.1, 0.15) is 22.7 Å². The van der Waals surface area contributed by atoms with Gasteiger partial charge in [-0.2, -0.15) is 9.78 Å². The number of aromatic nitrogens is 4. The molecule has 2 heterocycles. The van der Waals surface area contributed by atoms with Crippen molar-refractivity contribution in [3.05, 3.63) is 131 Å². The minimum Gasteiger partial charge on any atom is -0.271 e. The Balaban J connectivity index is 1.66. The summed E-state index contributed by atoms with van der Waals surface area (Å²) in [4.78, 5) is 30.7. The summed E-state index contributed by atoms with van der Waals surface area (Å²) in [6.45, 7) is 0. The normalized spacial score (nSPS) is 12.0. The van der Waals surface area contributed by atoms with Gasteiger partial charge in [-0.3, -0.25) is 9.78 Å². The third-order valence-electron chi connectivity index (χ3n) is 5.35. The molecule has 1 N–H and O–H groups in total. The minimum absolute atomic E-state index is 0.321. The van der Waals surface area contributed by atoms with Crippen LogP contribution >= 0.6 is 46.1 Å². The molecule has 0 fully saturated rings. The second-order valence-corrected chi connectivity index (χ2v) is 9.71. The fraction of sp³-hybridized carbons (Fsp3) is 0.0400. The topological polar surface area (TPSA) is 80.6 Å². The first kappa shape index (κ1) is 23.5. The molecule has 0 saturated heterocycles. The summed E-state index contributed by atoms with van der Waals surface area (Å²) in [6, 6.07) is 20.5. The average molecular weight is 542 g/mol. The number of aromatic amines is 1. The molecule has 1 atom stereocenters. The van der Waals surface area contributed by atoms with Crippen molar-refractivity contribution < 1.29 is 0 Å². The quantitative estimate of drug-likeness (QED) is 0.288. The van der Waals surface area contributed by atoms with Gasteiger partial charge in [-0.25, -0.2) is 9.78 Å². The number of benzene rings is 3. The van der Waals surface area contributed by atoms with Crippen LogP contribution in [-0.4, -0.2) is 19.7 Å². The summed E-state index contributed by atoms with van der Waals surface area (Å²) in [5.74, 6) is -0.393. The van der Waals surface area contributed by atoms with Crippen molar-refractivity contribution in [3.63, 3.8) is 0 Å². The highest BCUT2D eigenvalue weighted by molar-refractivity contribution is 7.13. The standard InChI is InChI=1S/C25H15Cl3N4O2S/c26-16-8-6-14(7-9-16)22(20-13-35-24(30-20)15-4-2-1-3-5-15)23-18(27)10-17(11-19(23)28)32-25(34)31-21(33)12-29-32/h1-13,22H,(H,31,33,34). The van der Waals surface area contributed by atoms with E-state index in [1.165, 1.54) is 11.3 Å². The van der Waals surface area contributed by atoms with Crippen LogP contribution in [0, 0.1) is 0 Å². The number of nitrogens with zero attached hydrogens (tertiary/aromatic N) is 3. The maximum absolute atomic E-state index is 12.2. The summed E-state index contributed by atoms with van der Waals surface area (Å²) in [5.41, 5.74) is 2.33. The van der Waals surface area contributed by atoms with Gasteiger partial charge in [0.2, 0.25) is 0 Å². The first-order valence-electron chi connectivity index (χ1n) is 10.3. The maximum atomic E-state index is 12.2. The van der Waals surface area contributed by atoms with Gasteiger partial charge in [0.05, 0.1) is 17.3 Å². The Morgan fingerprint density at radius 1 is 0.914 bits per heavy atom. The second-order valence-electron chi connectivity index (χ2n) is 7.60. The van der Waals surface area contributed by atoms with E-state index < -0.39 is 17.2 Å². The molecule has 2 aromatic heterocycles. The molecule has 10 heteroatoms. The zero-order valence-corrected chi connectivity index (χ0v) is 20.9. The Bertz CT molecular complexity index is 1610. The van der Waals surface area contributed by atoms with Gasteiger partial charge < -0.3 is 0 Å². The van der Waals surface area contributed by atoms with E-state index in [-0.39, 0.29) is 0 Å². The van der Waals surface area contributed by atoms with Crippen molar-refractivity contribution in [1.29, 1.82) is 0 Å². The van der Waals surface area contributed by atoms with E-state index in [0.717, 1.165) is 32.7 Å². The van der Waals surface area contributed by atoms with E-state index in [1.54, 1.807) is 24.3 Å². The molecule has 1 unspecified atom stereocenters. The van der Waals surface area contributed by atoms with Crippen molar-refractivity contribution in [2.75, 3.05) is 0 Å². The Hall–Kier alpha value is -3.23. The van der Waals surface area contributed by atoms with Gasteiger partial charge in [0.15, 0.2) is 0 Å². The van der Waals surface area contributed by atoms with Crippen LogP contribution in [0.5, 0.6) is 0 Å². The van der Waals surface area contributed by atoms with Crippen LogP contribution in [0.15, 0.2) is 87.9 Å². The van der Waals surface area contributed by atoms with E-state index in [1.807, 2.05) is 47.8 Å². The number of H-pyrrole nitrogens is 1. The predicted molar refractivity (Wildman–Crippen MR) is 140 cm³/mol. The fourth-order valence-electron chi connectivity index (χ4n) is 3.78. The summed E-state index contributed by atoms with van der Waals surface area (Å²) in [7, 11) is 0. The number of hydrogen-bond acceptors (Lipinski definition) is 5. The molecule has 0 aliphatic heterocycles. The zero-order chi connectivity index (χ0) is 24.5. The molecular formula is C25H15Cl3N4O2S. The molecule has 0 bridgehead atoms. The van der Waals surface area contributed by atoms with Gasteiger partial charge in [-0.1, -0.05) is 77.3 Å². The van der Waals surface area contributed by atoms with Gasteiger partial charge in [-0.05, 0) is 29.8 Å². The molecule has 0 saturated carbocycles. The van der Waals surface area contributed by atoms with E-state index in [9.17, 15) is 9.59 Å². The predicted octanol–water partition coefficient (Wildman–Crippen LogP) is 6.18. The second kappa shape index (κ2) is 9.79. The average Bonchev–Trinajstić information content (AvgIpc) is 3.32. The first-order valence-corrected chi connectivity index (χ1v) is 12.4. The fourth-order valence-corrected chi connectivity index (χ4v) is 5.45. The molecule has 0 spiro atoms. The lowest BCUT2D eigenvalue weighted by atomic mass is 9.88. The lowest BCUT2D eigenvalue weighted by molar-refractivity contribution is 0.749. The Labute approximate surface area is 218 Å². The molecule has 0 radical (unpaired) electrons. The summed E-state index contributed by atoms with van der Waals surface area (Å²) >= 11 is 21.2. The van der Waals surface area contributed by atoms with Crippen LogP contribution in [-0.2, 0) is 0 Å². The Morgan fingerprint density at radius 2 is 1.60 bits per heavy atom. The van der Waals surface area contributed by atoms with Gasteiger partial charge in [0, 0.05) is 31.6 Å². The lowest BCUT2D eigenvalue weighted by Gasteiger charge is -2.20. The number of halogens is 3.